The summed E-state index contributed by atoms with van der Waals surface area (Å²) in [5.74, 6) is 0. The zero-order chi connectivity index (χ0) is 13.1. The van der Waals surface area contributed by atoms with Crippen LogP contribution in [0.1, 0.15) is 57.6 Å². The average Bonchev–Trinajstić information content (AvgIpc) is 2.77. The first-order valence-corrected chi connectivity index (χ1v) is 7.52. The van der Waals surface area contributed by atoms with E-state index in [4.69, 9.17) is 0 Å². The smallest absolute Gasteiger partial charge is 0.0637 e. The molecule has 1 N–H and O–H groups in total. The summed E-state index contributed by atoms with van der Waals surface area (Å²) < 4.78 is 1.87. The van der Waals surface area contributed by atoms with Crippen LogP contribution in [0.4, 0.5) is 0 Å². The molecule has 1 heterocycles. The first-order chi connectivity index (χ1) is 8.83. The van der Waals surface area contributed by atoms with E-state index in [2.05, 4.69) is 23.4 Å². The van der Waals surface area contributed by atoms with E-state index in [1.165, 1.54) is 50.6 Å². The van der Waals surface area contributed by atoms with E-state index < -0.39 is 0 Å². The monoisotopic (exact) mass is 251 g/mol. The van der Waals surface area contributed by atoms with Crippen molar-refractivity contribution >= 4 is 0 Å². The van der Waals surface area contributed by atoms with Crippen molar-refractivity contribution in [2.75, 3.05) is 13.1 Å². The van der Waals surface area contributed by atoms with Gasteiger partial charge >= 0.3 is 0 Å². The van der Waals surface area contributed by atoms with E-state index in [1.54, 1.807) is 0 Å². The fraction of sp³-hybridized carbons (Fsp3) is 0.800. The molecule has 0 fully saturated rings. The van der Waals surface area contributed by atoms with Crippen molar-refractivity contribution in [2.45, 2.75) is 58.3 Å². The van der Waals surface area contributed by atoms with Crippen LogP contribution in [0.2, 0.25) is 0 Å². The topological polar surface area (TPSA) is 29.9 Å². The molecule has 0 atom stereocenters. The number of rotatable bonds is 11. The van der Waals surface area contributed by atoms with Crippen LogP contribution in [0, 0.1) is 0 Å². The highest BCUT2D eigenvalue weighted by Crippen LogP contribution is 2.06. The molecule has 1 rings (SSSR count). The Bertz CT molecular complexity index is 294. The minimum Gasteiger partial charge on any atom is -0.316 e. The summed E-state index contributed by atoms with van der Waals surface area (Å²) in [6.45, 7) is 4.47. The van der Waals surface area contributed by atoms with Gasteiger partial charge in [-0.05, 0) is 19.0 Å². The molecule has 0 aliphatic carbocycles. The van der Waals surface area contributed by atoms with Gasteiger partial charge in [0, 0.05) is 26.2 Å². The maximum atomic E-state index is 4.36. The predicted molar refractivity (Wildman–Crippen MR) is 77.8 cm³/mol. The molecular formula is C15H29N3. The Hall–Kier alpha value is -0.830. The number of aromatic nitrogens is 2. The van der Waals surface area contributed by atoms with E-state index >= 15 is 0 Å². The highest BCUT2D eigenvalue weighted by molar-refractivity contribution is 4.98. The standard InChI is InChI=1S/C15H29N3/c1-3-4-5-6-7-8-9-12-16-13-10-15-11-14-18(2)17-15/h11,14,16H,3-10,12-13H2,1-2H3. The number of nitrogens with one attached hydrogen (secondary N) is 1. The van der Waals surface area contributed by atoms with Crippen molar-refractivity contribution < 1.29 is 0 Å². The number of aryl methyl sites for hydroxylation is 1. The van der Waals surface area contributed by atoms with E-state index in [1.807, 2.05) is 17.9 Å². The third-order valence-corrected chi connectivity index (χ3v) is 3.28. The van der Waals surface area contributed by atoms with Crippen LogP contribution in [0.15, 0.2) is 12.3 Å². The summed E-state index contributed by atoms with van der Waals surface area (Å²) in [7, 11) is 1.97. The van der Waals surface area contributed by atoms with E-state index in [-0.39, 0.29) is 0 Å². The van der Waals surface area contributed by atoms with Crippen molar-refractivity contribution in [2.24, 2.45) is 7.05 Å². The fourth-order valence-corrected chi connectivity index (χ4v) is 2.15. The molecule has 0 radical (unpaired) electrons. The minimum absolute atomic E-state index is 1.04. The summed E-state index contributed by atoms with van der Waals surface area (Å²) in [4.78, 5) is 0. The molecule has 0 amide bonds. The molecule has 3 nitrogen and oxygen atoms in total. The third kappa shape index (κ3) is 7.49. The number of hydrogen-bond acceptors (Lipinski definition) is 2. The van der Waals surface area contributed by atoms with Gasteiger partial charge in [0.05, 0.1) is 5.69 Å². The largest absolute Gasteiger partial charge is 0.316 e. The van der Waals surface area contributed by atoms with Gasteiger partial charge in [-0.1, -0.05) is 45.4 Å². The molecule has 0 spiro atoms. The summed E-state index contributed by atoms with van der Waals surface area (Å²) in [5, 5.41) is 7.86. The Morgan fingerprint density at radius 3 is 2.44 bits per heavy atom. The van der Waals surface area contributed by atoms with Crippen molar-refractivity contribution in [3.8, 4) is 0 Å². The van der Waals surface area contributed by atoms with Crippen LogP contribution in [-0.2, 0) is 13.5 Å². The van der Waals surface area contributed by atoms with Crippen molar-refractivity contribution in [1.29, 1.82) is 0 Å². The average molecular weight is 251 g/mol. The normalized spacial score (nSPS) is 11.0. The van der Waals surface area contributed by atoms with Gasteiger partial charge in [-0.2, -0.15) is 5.10 Å². The molecular weight excluding hydrogens is 222 g/mol. The Kier molecular flexibility index (Phi) is 8.57. The van der Waals surface area contributed by atoms with Gasteiger partial charge in [-0.25, -0.2) is 0 Å². The highest BCUT2D eigenvalue weighted by Gasteiger charge is 1.96. The molecule has 0 aliphatic heterocycles. The molecule has 1 aromatic heterocycles. The Balaban J connectivity index is 1.81. The molecule has 0 saturated heterocycles. The SMILES string of the molecule is CCCCCCCCCNCCc1ccn(C)n1. The van der Waals surface area contributed by atoms with Crippen LogP contribution >= 0.6 is 0 Å². The lowest BCUT2D eigenvalue weighted by molar-refractivity contribution is 0.562. The molecule has 0 saturated carbocycles. The lowest BCUT2D eigenvalue weighted by Crippen LogP contribution is -2.18. The highest BCUT2D eigenvalue weighted by atomic mass is 15.2. The first kappa shape index (κ1) is 15.2. The van der Waals surface area contributed by atoms with Crippen molar-refractivity contribution in [3.63, 3.8) is 0 Å². The quantitative estimate of drug-likeness (QED) is 0.612. The molecule has 0 unspecified atom stereocenters. The van der Waals surface area contributed by atoms with E-state index in [9.17, 15) is 0 Å². The second kappa shape index (κ2) is 10.1. The van der Waals surface area contributed by atoms with Crippen molar-refractivity contribution in [1.82, 2.24) is 15.1 Å². The fourth-order valence-electron chi connectivity index (χ4n) is 2.15. The van der Waals surface area contributed by atoms with Gasteiger partial charge in [-0.15, -0.1) is 0 Å². The predicted octanol–water partition coefficient (Wildman–Crippen LogP) is 3.30. The summed E-state index contributed by atoms with van der Waals surface area (Å²) in [6.07, 6.45) is 12.7. The van der Waals surface area contributed by atoms with Crippen LogP contribution < -0.4 is 5.32 Å². The summed E-state index contributed by atoms with van der Waals surface area (Å²) in [6, 6.07) is 2.09. The lowest BCUT2D eigenvalue weighted by atomic mass is 10.1. The van der Waals surface area contributed by atoms with Gasteiger partial charge in [0.2, 0.25) is 0 Å². The third-order valence-electron chi connectivity index (χ3n) is 3.28. The molecule has 0 bridgehead atoms. The lowest BCUT2D eigenvalue weighted by Gasteiger charge is -2.03. The van der Waals surface area contributed by atoms with Gasteiger partial charge in [-0.3, -0.25) is 4.68 Å². The zero-order valence-corrected chi connectivity index (χ0v) is 12.1. The molecule has 0 aromatic carbocycles. The van der Waals surface area contributed by atoms with E-state index in [0.717, 1.165) is 19.5 Å². The Morgan fingerprint density at radius 1 is 1.06 bits per heavy atom. The molecule has 18 heavy (non-hydrogen) atoms. The Labute approximate surface area is 112 Å². The number of nitrogens with zero attached hydrogens (tertiary/aromatic N) is 2. The molecule has 104 valence electrons. The maximum Gasteiger partial charge on any atom is 0.0637 e. The molecule has 1 aromatic rings. The second-order valence-corrected chi connectivity index (χ2v) is 5.10. The van der Waals surface area contributed by atoms with Crippen LogP contribution in [0.25, 0.3) is 0 Å². The minimum atomic E-state index is 1.04. The summed E-state index contributed by atoms with van der Waals surface area (Å²) >= 11 is 0. The summed E-state index contributed by atoms with van der Waals surface area (Å²) in [5.41, 5.74) is 1.18. The van der Waals surface area contributed by atoms with Gasteiger partial charge in [0.1, 0.15) is 0 Å². The van der Waals surface area contributed by atoms with Crippen LogP contribution in [0.5, 0.6) is 0 Å². The number of hydrogen-bond donors (Lipinski definition) is 1. The van der Waals surface area contributed by atoms with Gasteiger partial charge in [0.25, 0.3) is 0 Å². The Morgan fingerprint density at radius 2 is 1.78 bits per heavy atom. The van der Waals surface area contributed by atoms with Gasteiger partial charge < -0.3 is 5.32 Å². The second-order valence-electron chi connectivity index (χ2n) is 5.10. The van der Waals surface area contributed by atoms with Crippen LogP contribution in [0.3, 0.4) is 0 Å². The molecule has 3 heteroatoms. The first-order valence-electron chi connectivity index (χ1n) is 7.52. The van der Waals surface area contributed by atoms with Gasteiger partial charge in [0.15, 0.2) is 0 Å². The number of unbranched alkanes of at least 4 members (excludes halogenated alkanes) is 6. The molecule has 0 aliphatic rings. The maximum absolute atomic E-state index is 4.36. The zero-order valence-electron chi connectivity index (χ0n) is 12.1. The van der Waals surface area contributed by atoms with Crippen molar-refractivity contribution in [3.05, 3.63) is 18.0 Å². The van der Waals surface area contributed by atoms with Crippen LogP contribution in [-0.4, -0.2) is 22.9 Å². The van der Waals surface area contributed by atoms with E-state index in [0.29, 0.717) is 0 Å².